The molecule has 0 aliphatic heterocycles. The molecule has 0 radical (unpaired) electrons. The van der Waals surface area contributed by atoms with Crippen LogP contribution in [-0.4, -0.2) is 24.5 Å². The minimum absolute atomic E-state index is 0.478. The van der Waals surface area contributed by atoms with Crippen molar-refractivity contribution in [2.45, 2.75) is 51.6 Å². The van der Waals surface area contributed by atoms with Crippen molar-refractivity contribution in [3.63, 3.8) is 0 Å². The highest BCUT2D eigenvalue weighted by atomic mass is 32.1. The summed E-state index contributed by atoms with van der Waals surface area (Å²) in [6.45, 7) is 5.48. The van der Waals surface area contributed by atoms with Gasteiger partial charge in [-0.1, -0.05) is 25.8 Å². The van der Waals surface area contributed by atoms with E-state index in [2.05, 4.69) is 43.3 Å². The summed E-state index contributed by atoms with van der Waals surface area (Å²) >= 11 is 1.85. The monoisotopic (exact) mass is 280 g/mol. The third kappa shape index (κ3) is 3.59. The largest absolute Gasteiger partial charge is 0.329 e. The van der Waals surface area contributed by atoms with Crippen LogP contribution in [0.5, 0.6) is 0 Å². The lowest BCUT2D eigenvalue weighted by Gasteiger charge is -2.40. The Morgan fingerprint density at radius 3 is 2.84 bits per heavy atom. The minimum Gasteiger partial charge on any atom is -0.329 e. The second-order valence-corrected chi connectivity index (χ2v) is 7.17. The zero-order valence-electron chi connectivity index (χ0n) is 12.5. The molecule has 19 heavy (non-hydrogen) atoms. The van der Waals surface area contributed by atoms with E-state index in [1.165, 1.54) is 30.6 Å². The number of rotatable bonds is 5. The molecular formula is C16H28N2S. The second-order valence-electron chi connectivity index (χ2n) is 6.19. The summed E-state index contributed by atoms with van der Waals surface area (Å²) in [5, 5.41) is 2.17. The molecule has 2 N–H and O–H groups in total. The van der Waals surface area contributed by atoms with E-state index >= 15 is 0 Å². The first-order chi connectivity index (χ1) is 9.13. The molecule has 0 amide bonds. The molecule has 4 atom stereocenters. The van der Waals surface area contributed by atoms with E-state index in [0.29, 0.717) is 12.1 Å². The van der Waals surface area contributed by atoms with Gasteiger partial charge in [0.1, 0.15) is 0 Å². The van der Waals surface area contributed by atoms with Crippen LogP contribution in [0.1, 0.15) is 50.4 Å². The molecule has 3 heteroatoms. The molecule has 1 aromatic rings. The number of hydrogen-bond donors (Lipinski definition) is 1. The van der Waals surface area contributed by atoms with Gasteiger partial charge < -0.3 is 5.73 Å². The van der Waals surface area contributed by atoms with Gasteiger partial charge in [0, 0.05) is 23.5 Å². The van der Waals surface area contributed by atoms with Crippen LogP contribution in [0.4, 0.5) is 0 Å². The van der Waals surface area contributed by atoms with Gasteiger partial charge in [0.25, 0.3) is 0 Å². The number of nitrogens with two attached hydrogens (primary N) is 1. The lowest BCUT2D eigenvalue weighted by molar-refractivity contribution is 0.102. The van der Waals surface area contributed by atoms with Crippen molar-refractivity contribution < 1.29 is 0 Å². The SMILES string of the molecule is CC1CCCC(C(CN)N(C)C(C)c2cccs2)C1. The highest BCUT2D eigenvalue weighted by Crippen LogP contribution is 2.35. The summed E-state index contributed by atoms with van der Waals surface area (Å²) in [6, 6.07) is 5.39. The van der Waals surface area contributed by atoms with Crippen LogP contribution >= 0.6 is 11.3 Å². The summed E-state index contributed by atoms with van der Waals surface area (Å²) in [7, 11) is 2.25. The summed E-state index contributed by atoms with van der Waals surface area (Å²) < 4.78 is 0. The van der Waals surface area contributed by atoms with Crippen LogP contribution < -0.4 is 5.73 Å². The molecule has 4 unspecified atom stereocenters. The topological polar surface area (TPSA) is 29.3 Å². The van der Waals surface area contributed by atoms with Crippen LogP contribution in [-0.2, 0) is 0 Å². The van der Waals surface area contributed by atoms with Crippen LogP contribution in [0.3, 0.4) is 0 Å². The van der Waals surface area contributed by atoms with E-state index in [1.54, 1.807) is 0 Å². The van der Waals surface area contributed by atoms with Gasteiger partial charge in [-0.25, -0.2) is 0 Å². The Morgan fingerprint density at radius 2 is 2.26 bits per heavy atom. The molecule has 0 bridgehead atoms. The van der Waals surface area contributed by atoms with E-state index in [1.807, 2.05) is 11.3 Å². The van der Waals surface area contributed by atoms with Gasteiger partial charge in [-0.3, -0.25) is 4.90 Å². The van der Waals surface area contributed by atoms with Gasteiger partial charge >= 0.3 is 0 Å². The smallest absolute Gasteiger partial charge is 0.0413 e. The Morgan fingerprint density at radius 1 is 1.47 bits per heavy atom. The zero-order valence-corrected chi connectivity index (χ0v) is 13.3. The molecule has 0 spiro atoms. The Bertz CT molecular complexity index is 363. The fourth-order valence-electron chi connectivity index (χ4n) is 3.54. The summed E-state index contributed by atoms with van der Waals surface area (Å²) in [5.41, 5.74) is 6.10. The van der Waals surface area contributed by atoms with Crippen molar-refractivity contribution in [1.82, 2.24) is 4.90 Å². The molecule has 0 saturated heterocycles. The van der Waals surface area contributed by atoms with E-state index in [-0.39, 0.29) is 0 Å². The second kappa shape index (κ2) is 6.87. The van der Waals surface area contributed by atoms with Crippen molar-refractivity contribution in [2.24, 2.45) is 17.6 Å². The fourth-order valence-corrected chi connectivity index (χ4v) is 4.37. The van der Waals surface area contributed by atoms with Gasteiger partial charge in [0.15, 0.2) is 0 Å². The van der Waals surface area contributed by atoms with Crippen molar-refractivity contribution >= 4 is 11.3 Å². The van der Waals surface area contributed by atoms with Crippen LogP contribution in [0.15, 0.2) is 17.5 Å². The maximum absolute atomic E-state index is 6.10. The number of nitrogens with zero attached hydrogens (tertiary/aromatic N) is 1. The Labute approximate surface area is 122 Å². The molecule has 1 aliphatic rings. The van der Waals surface area contributed by atoms with Crippen LogP contribution in [0, 0.1) is 11.8 Å². The standard InChI is InChI=1S/C16H28N2S/c1-12-6-4-7-14(10-12)15(11-17)18(3)13(2)16-8-5-9-19-16/h5,8-9,12-15H,4,6-7,10-11,17H2,1-3H3. The average Bonchev–Trinajstić information content (AvgIpc) is 2.92. The molecule has 1 aliphatic carbocycles. The molecule has 1 fully saturated rings. The lowest BCUT2D eigenvalue weighted by Crippen LogP contribution is -2.45. The van der Waals surface area contributed by atoms with Gasteiger partial charge in [0.05, 0.1) is 0 Å². The first-order valence-electron chi connectivity index (χ1n) is 7.58. The van der Waals surface area contributed by atoms with Crippen molar-refractivity contribution in [3.05, 3.63) is 22.4 Å². The third-order valence-electron chi connectivity index (χ3n) is 4.85. The normalized spacial score (nSPS) is 27.4. The predicted molar refractivity (Wildman–Crippen MR) is 84.5 cm³/mol. The van der Waals surface area contributed by atoms with Crippen LogP contribution in [0.2, 0.25) is 0 Å². The van der Waals surface area contributed by atoms with Gasteiger partial charge in [-0.15, -0.1) is 11.3 Å². The summed E-state index contributed by atoms with van der Waals surface area (Å²) in [5.74, 6) is 1.65. The molecule has 1 aromatic heterocycles. The van der Waals surface area contributed by atoms with Crippen molar-refractivity contribution in [2.75, 3.05) is 13.6 Å². The lowest BCUT2D eigenvalue weighted by atomic mass is 9.78. The first-order valence-corrected chi connectivity index (χ1v) is 8.46. The third-order valence-corrected chi connectivity index (χ3v) is 5.89. The average molecular weight is 280 g/mol. The zero-order chi connectivity index (χ0) is 13.8. The van der Waals surface area contributed by atoms with E-state index < -0.39 is 0 Å². The molecule has 0 aromatic carbocycles. The quantitative estimate of drug-likeness (QED) is 0.886. The highest BCUT2D eigenvalue weighted by Gasteiger charge is 2.30. The van der Waals surface area contributed by atoms with Gasteiger partial charge in [0.2, 0.25) is 0 Å². The Balaban J connectivity index is 2.03. The number of thiophene rings is 1. The Kier molecular flexibility index (Phi) is 5.43. The van der Waals surface area contributed by atoms with Crippen molar-refractivity contribution in [1.29, 1.82) is 0 Å². The molecule has 108 valence electrons. The first kappa shape index (κ1) is 15.0. The van der Waals surface area contributed by atoms with E-state index in [0.717, 1.165) is 18.4 Å². The van der Waals surface area contributed by atoms with E-state index in [9.17, 15) is 0 Å². The number of hydrogen-bond acceptors (Lipinski definition) is 3. The van der Waals surface area contributed by atoms with Gasteiger partial charge in [-0.05, 0) is 50.1 Å². The Hall–Kier alpha value is -0.380. The molecule has 2 rings (SSSR count). The minimum atomic E-state index is 0.478. The maximum atomic E-state index is 6.10. The highest BCUT2D eigenvalue weighted by molar-refractivity contribution is 7.10. The van der Waals surface area contributed by atoms with Crippen LogP contribution in [0.25, 0.3) is 0 Å². The molecular weight excluding hydrogens is 252 g/mol. The molecule has 1 heterocycles. The molecule has 2 nitrogen and oxygen atoms in total. The maximum Gasteiger partial charge on any atom is 0.0413 e. The number of likely N-dealkylation sites (N-methyl/N-ethyl adjacent to an activating group) is 1. The predicted octanol–water partition coefficient (Wildman–Crippen LogP) is 3.89. The van der Waals surface area contributed by atoms with E-state index in [4.69, 9.17) is 5.73 Å². The molecule has 1 saturated carbocycles. The van der Waals surface area contributed by atoms with Crippen molar-refractivity contribution in [3.8, 4) is 0 Å². The summed E-state index contributed by atoms with van der Waals surface area (Å²) in [4.78, 5) is 3.96. The summed E-state index contributed by atoms with van der Waals surface area (Å²) in [6.07, 6.45) is 5.48. The fraction of sp³-hybridized carbons (Fsp3) is 0.750. The van der Waals surface area contributed by atoms with Gasteiger partial charge in [-0.2, -0.15) is 0 Å².